The van der Waals surface area contributed by atoms with Crippen LogP contribution in [0.15, 0.2) is 36.5 Å². The Labute approximate surface area is 151 Å². The predicted molar refractivity (Wildman–Crippen MR) is 97.8 cm³/mol. The minimum Gasteiger partial charge on any atom is -0.507 e. The molecule has 4 rings (SSSR count). The van der Waals surface area contributed by atoms with Crippen LogP contribution in [0.3, 0.4) is 0 Å². The van der Waals surface area contributed by atoms with E-state index in [1.165, 1.54) is 0 Å². The molecule has 6 heteroatoms. The van der Waals surface area contributed by atoms with Gasteiger partial charge in [0.25, 0.3) is 0 Å². The molecule has 1 aliphatic heterocycles. The molecule has 0 bridgehead atoms. The molecule has 0 atom stereocenters. The van der Waals surface area contributed by atoms with Crippen LogP contribution in [0.4, 0.5) is 0 Å². The van der Waals surface area contributed by atoms with Gasteiger partial charge in [-0.2, -0.15) is 5.10 Å². The first kappa shape index (κ1) is 16.3. The quantitative estimate of drug-likeness (QED) is 0.722. The fourth-order valence-corrected chi connectivity index (χ4v) is 3.24. The average Bonchev–Trinajstić information content (AvgIpc) is 3.31. The molecule has 0 radical (unpaired) electrons. The van der Waals surface area contributed by atoms with Crippen LogP contribution in [0.25, 0.3) is 22.4 Å². The SMILES string of the molecule is CCCc1cc(-c2[nH]ncc2-c2ccc3c(c2)OCO3)c(O)cc1OC. The monoisotopic (exact) mass is 352 g/mol. The molecule has 0 saturated heterocycles. The summed E-state index contributed by atoms with van der Waals surface area (Å²) in [5.41, 5.74) is 4.31. The number of aromatic amines is 1. The minimum absolute atomic E-state index is 0.146. The summed E-state index contributed by atoms with van der Waals surface area (Å²) < 4.78 is 16.2. The molecule has 1 aromatic heterocycles. The van der Waals surface area contributed by atoms with Crippen LogP contribution in [0, 0.1) is 0 Å². The Morgan fingerprint density at radius 3 is 2.81 bits per heavy atom. The highest BCUT2D eigenvalue weighted by atomic mass is 16.7. The number of benzene rings is 2. The highest BCUT2D eigenvalue weighted by Crippen LogP contribution is 2.42. The molecule has 0 fully saturated rings. The number of rotatable bonds is 5. The van der Waals surface area contributed by atoms with E-state index in [-0.39, 0.29) is 12.5 Å². The Bertz CT molecular complexity index is 949. The van der Waals surface area contributed by atoms with E-state index in [0.29, 0.717) is 17.1 Å². The van der Waals surface area contributed by atoms with Crippen LogP contribution in [-0.4, -0.2) is 29.2 Å². The molecule has 3 aromatic rings. The number of hydrogen-bond donors (Lipinski definition) is 2. The Morgan fingerprint density at radius 2 is 2.00 bits per heavy atom. The van der Waals surface area contributed by atoms with Gasteiger partial charge in [0.1, 0.15) is 11.5 Å². The molecule has 1 aliphatic rings. The number of fused-ring (bicyclic) bond motifs is 1. The molecule has 2 N–H and O–H groups in total. The predicted octanol–water partition coefficient (Wildman–Crippen LogP) is 4.14. The molecule has 134 valence electrons. The Balaban J connectivity index is 1.81. The van der Waals surface area contributed by atoms with Gasteiger partial charge in [0, 0.05) is 17.2 Å². The van der Waals surface area contributed by atoms with Crippen molar-refractivity contribution in [2.45, 2.75) is 19.8 Å². The van der Waals surface area contributed by atoms with E-state index in [9.17, 15) is 5.11 Å². The molecule has 2 aromatic carbocycles. The number of nitrogens with one attached hydrogen (secondary N) is 1. The topological polar surface area (TPSA) is 76.6 Å². The van der Waals surface area contributed by atoms with Crippen LogP contribution >= 0.6 is 0 Å². The lowest BCUT2D eigenvalue weighted by molar-refractivity contribution is 0.174. The summed E-state index contributed by atoms with van der Waals surface area (Å²) >= 11 is 0. The summed E-state index contributed by atoms with van der Waals surface area (Å²) in [6.45, 7) is 2.34. The van der Waals surface area contributed by atoms with E-state index in [2.05, 4.69) is 17.1 Å². The van der Waals surface area contributed by atoms with Crippen LogP contribution < -0.4 is 14.2 Å². The summed E-state index contributed by atoms with van der Waals surface area (Å²) in [4.78, 5) is 0. The van der Waals surface area contributed by atoms with E-state index >= 15 is 0 Å². The zero-order valence-electron chi connectivity index (χ0n) is 14.7. The molecule has 6 nitrogen and oxygen atoms in total. The van der Waals surface area contributed by atoms with Gasteiger partial charge in [-0.1, -0.05) is 19.4 Å². The number of methoxy groups -OCH3 is 1. The van der Waals surface area contributed by atoms with Crippen molar-refractivity contribution in [3.63, 3.8) is 0 Å². The molecule has 2 heterocycles. The third-order valence-electron chi connectivity index (χ3n) is 4.51. The lowest BCUT2D eigenvalue weighted by atomic mass is 9.97. The van der Waals surface area contributed by atoms with Gasteiger partial charge in [-0.05, 0) is 35.7 Å². The number of phenols is 1. The fraction of sp³-hybridized carbons (Fsp3) is 0.250. The fourth-order valence-electron chi connectivity index (χ4n) is 3.24. The van der Waals surface area contributed by atoms with Gasteiger partial charge >= 0.3 is 0 Å². The number of hydrogen-bond acceptors (Lipinski definition) is 5. The summed E-state index contributed by atoms with van der Waals surface area (Å²) in [5, 5.41) is 17.7. The number of aryl methyl sites for hydroxylation is 1. The molecule has 0 spiro atoms. The van der Waals surface area contributed by atoms with Crippen LogP contribution in [0.5, 0.6) is 23.0 Å². The van der Waals surface area contributed by atoms with Crippen molar-refractivity contribution in [2.24, 2.45) is 0 Å². The Kier molecular flexibility index (Phi) is 4.16. The number of nitrogens with zero attached hydrogens (tertiary/aromatic N) is 1. The molecule has 0 saturated carbocycles. The van der Waals surface area contributed by atoms with Crippen molar-refractivity contribution in [1.82, 2.24) is 10.2 Å². The van der Waals surface area contributed by atoms with E-state index < -0.39 is 0 Å². The standard InChI is InChI=1S/C20H20N2O4/c1-3-4-13-7-14(16(23)9-18(13)24-2)20-15(10-21-22-20)12-5-6-17-19(8-12)26-11-25-17/h5-10,23H,3-4,11H2,1-2H3,(H,21,22). The average molecular weight is 352 g/mol. The van der Waals surface area contributed by atoms with E-state index in [4.69, 9.17) is 14.2 Å². The maximum absolute atomic E-state index is 10.5. The molecular weight excluding hydrogens is 332 g/mol. The Morgan fingerprint density at radius 1 is 1.15 bits per heavy atom. The second-order valence-electron chi connectivity index (χ2n) is 6.16. The maximum Gasteiger partial charge on any atom is 0.231 e. The third-order valence-corrected chi connectivity index (χ3v) is 4.51. The van der Waals surface area contributed by atoms with Gasteiger partial charge in [0.15, 0.2) is 11.5 Å². The normalized spacial score (nSPS) is 12.4. The maximum atomic E-state index is 10.5. The van der Waals surface area contributed by atoms with Crippen molar-refractivity contribution in [3.8, 4) is 45.4 Å². The van der Waals surface area contributed by atoms with Gasteiger partial charge in [0.05, 0.1) is 19.0 Å². The minimum atomic E-state index is 0.146. The molecule has 0 amide bonds. The number of phenolic OH excluding ortho intramolecular Hbond substituents is 1. The molecule has 0 aliphatic carbocycles. The molecular formula is C20H20N2O4. The first-order chi connectivity index (χ1) is 12.7. The summed E-state index contributed by atoms with van der Waals surface area (Å²) in [6.07, 6.45) is 3.60. The number of H-pyrrole nitrogens is 1. The van der Waals surface area contributed by atoms with E-state index in [1.807, 2.05) is 24.3 Å². The first-order valence-electron chi connectivity index (χ1n) is 8.55. The molecule has 0 unspecified atom stereocenters. The summed E-state index contributed by atoms with van der Waals surface area (Å²) in [7, 11) is 1.61. The Hall–Kier alpha value is -3.15. The highest BCUT2D eigenvalue weighted by Gasteiger charge is 2.19. The van der Waals surface area contributed by atoms with Gasteiger partial charge in [-0.15, -0.1) is 0 Å². The number of aromatic nitrogens is 2. The van der Waals surface area contributed by atoms with Gasteiger partial charge in [0.2, 0.25) is 6.79 Å². The van der Waals surface area contributed by atoms with Gasteiger partial charge in [-0.3, -0.25) is 5.10 Å². The van der Waals surface area contributed by atoms with Crippen molar-refractivity contribution >= 4 is 0 Å². The zero-order valence-corrected chi connectivity index (χ0v) is 14.7. The van der Waals surface area contributed by atoms with E-state index in [0.717, 1.165) is 41.0 Å². The zero-order chi connectivity index (χ0) is 18.1. The lowest BCUT2D eigenvalue weighted by Crippen LogP contribution is -1.94. The smallest absolute Gasteiger partial charge is 0.231 e. The summed E-state index contributed by atoms with van der Waals surface area (Å²) in [5.74, 6) is 2.28. The third kappa shape index (κ3) is 2.73. The second kappa shape index (κ2) is 6.63. The number of ether oxygens (including phenoxy) is 3. The summed E-state index contributed by atoms with van der Waals surface area (Å²) in [6, 6.07) is 9.37. The molecule has 26 heavy (non-hydrogen) atoms. The van der Waals surface area contributed by atoms with Gasteiger partial charge in [-0.25, -0.2) is 0 Å². The van der Waals surface area contributed by atoms with Crippen LogP contribution in [0.1, 0.15) is 18.9 Å². The van der Waals surface area contributed by atoms with Crippen molar-refractivity contribution in [2.75, 3.05) is 13.9 Å². The van der Waals surface area contributed by atoms with Crippen LogP contribution in [-0.2, 0) is 6.42 Å². The van der Waals surface area contributed by atoms with Crippen LogP contribution in [0.2, 0.25) is 0 Å². The van der Waals surface area contributed by atoms with E-state index in [1.54, 1.807) is 19.4 Å². The van der Waals surface area contributed by atoms with Crippen molar-refractivity contribution in [3.05, 3.63) is 42.1 Å². The second-order valence-corrected chi connectivity index (χ2v) is 6.16. The lowest BCUT2D eigenvalue weighted by Gasteiger charge is -2.13. The number of aromatic hydroxyl groups is 1. The van der Waals surface area contributed by atoms with Crippen molar-refractivity contribution < 1.29 is 19.3 Å². The van der Waals surface area contributed by atoms with Crippen molar-refractivity contribution in [1.29, 1.82) is 0 Å². The highest BCUT2D eigenvalue weighted by molar-refractivity contribution is 5.84. The first-order valence-corrected chi connectivity index (χ1v) is 8.55. The largest absolute Gasteiger partial charge is 0.507 e. The van der Waals surface area contributed by atoms with Gasteiger partial charge < -0.3 is 19.3 Å².